The van der Waals surface area contributed by atoms with Gasteiger partial charge in [0.25, 0.3) is 5.56 Å². The van der Waals surface area contributed by atoms with Gasteiger partial charge >= 0.3 is 5.55 Å². The molecule has 14 nitrogen and oxygen atoms in total. The minimum atomic E-state index is -2.97. The van der Waals surface area contributed by atoms with Crippen LogP contribution in [0.3, 0.4) is 0 Å². The van der Waals surface area contributed by atoms with Crippen LogP contribution in [0.1, 0.15) is 0 Å². The fourth-order valence-electron chi connectivity index (χ4n) is 5.60. The highest BCUT2D eigenvalue weighted by Gasteiger charge is 2.27. The molecule has 0 aliphatic carbocycles. The average molecular weight is 818 g/mol. The van der Waals surface area contributed by atoms with Crippen LogP contribution in [-0.4, -0.2) is 121 Å². The number of piperazine rings is 2. The molecule has 0 radical (unpaired) electrons. The SMILES string of the molecule is CN1CCN(c2cnc3c(=O)[nH]c(-c4ccccc4)nc3n2)CC1.CN1CCN(c2cnc3c(Cl)nc(-c4ccccc4)nc3n2)CC1.O[P+](Cl)(Cl)Cl. The van der Waals surface area contributed by atoms with Crippen molar-refractivity contribution in [3.05, 3.63) is 88.6 Å². The van der Waals surface area contributed by atoms with Crippen LogP contribution in [0.2, 0.25) is 5.15 Å². The summed E-state index contributed by atoms with van der Waals surface area (Å²) in [5.74, 6) is 2.69. The summed E-state index contributed by atoms with van der Waals surface area (Å²) in [5, 5.41) is 0.330. The molecule has 2 N–H and O–H groups in total. The van der Waals surface area contributed by atoms with Crippen molar-refractivity contribution in [3.63, 3.8) is 0 Å². The standard InChI is InChI=1S/C17H17ClN6.C17H18N6O.Cl3HOP/c1-23-7-9-24(10-8-23)13-11-19-14-15(18)21-16(22-17(14)20-13)12-5-3-2-4-6-12;1-22-7-9-23(10-8-22)13-11-18-14-16(19-13)20-15(21-17(14)24)12-5-3-2-4-6-12;1-5(2,3)4/h2-6,11H,7-10H2,1H3;2-6,11H,7-10H2,1H3,(H,19,20,21,24);4H/q;;+1. The van der Waals surface area contributed by atoms with Crippen molar-refractivity contribution in [1.82, 2.24) is 49.7 Å². The Morgan fingerprint density at radius 3 is 1.60 bits per heavy atom. The Bertz CT molecular complexity index is 2190. The number of nitrogens with zero attached hydrogens (tertiary/aromatic N) is 11. The molecule has 2 aromatic carbocycles. The zero-order valence-corrected chi connectivity index (χ0v) is 32.7. The summed E-state index contributed by atoms with van der Waals surface area (Å²) in [6, 6.07) is 19.3. The molecule has 2 aliphatic rings. The van der Waals surface area contributed by atoms with Gasteiger partial charge in [-0.2, -0.15) is 4.89 Å². The van der Waals surface area contributed by atoms with Crippen LogP contribution in [0.5, 0.6) is 0 Å². The quantitative estimate of drug-likeness (QED) is 0.158. The first-order valence-corrected chi connectivity index (χ1v) is 21.4. The minimum absolute atomic E-state index is 0.267. The van der Waals surface area contributed by atoms with E-state index in [-0.39, 0.29) is 11.1 Å². The van der Waals surface area contributed by atoms with E-state index in [4.69, 9.17) is 50.2 Å². The van der Waals surface area contributed by atoms with E-state index in [0.29, 0.717) is 33.6 Å². The number of H-pyrrole nitrogens is 1. The van der Waals surface area contributed by atoms with Crippen molar-refractivity contribution in [3.8, 4) is 22.8 Å². The van der Waals surface area contributed by atoms with Crippen molar-refractivity contribution >= 4 is 84.8 Å². The third kappa shape index (κ3) is 10.6. The van der Waals surface area contributed by atoms with Gasteiger partial charge < -0.3 is 24.6 Å². The summed E-state index contributed by atoms with van der Waals surface area (Å²) in [6.45, 7) is 7.65. The van der Waals surface area contributed by atoms with E-state index in [1.54, 1.807) is 12.4 Å². The number of likely N-dealkylation sites (N-methyl/N-ethyl adjacent to an activating group) is 2. The van der Waals surface area contributed by atoms with Gasteiger partial charge in [-0.3, -0.25) is 4.79 Å². The van der Waals surface area contributed by atoms with Crippen LogP contribution in [0, 0.1) is 0 Å². The van der Waals surface area contributed by atoms with E-state index in [9.17, 15) is 4.79 Å². The molecule has 0 bridgehead atoms. The summed E-state index contributed by atoms with van der Waals surface area (Å²) < 4.78 is 0. The molecule has 19 heteroatoms. The van der Waals surface area contributed by atoms with Crippen molar-refractivity contribution in [2.24, 2.45) is 0 Å². The highest BCUT2D eigenvalue weighted by Crippen LogP contribution is 2.70. The van der Waals surface area contributed by atoms with Crippen LogP contribution >= 0.6 is 50.9 Å². The Hall–Kier alpha value is -3.85. The molecule has 2 fully saturated rings. The number of nitrogens with one attached hydrogen (secondary N) is 1. The van der Waals surface area contributed by atoms with E-state index in [2.05, 4.69) is 73.6 Å². The predicted molar refractivity (Wildman–Crippen MR) is 215 cm³/mol. The molecular formula is C34H36Cl4N12O2P+. The van der Waals surface area contributed by atoms with E-state index in [1.165, 1.54) is 0 Å². The molecule has 8 rings (SSSR count). The number of rotatable bonds is 4. The van der Waals surface area contributed by atoms with Crippen molar-refractivity contribution in [2.45, 2.75) is 0 Å². The largest absolute Gasteiger partial charge is 0.433 e. The highest BCUT2D eigenvalue weighted by atomic mass is 36.1. The molecule has 0 spiro atoms. The Morgan fingerprint density at radius 1 is 0.642 bits per heavy atom. The smallest absolute Gasteiger partial charge is 0.353 e. The van der Waals surface area contributed by atoms with Crippen molar-refractivity contribution < 1.29 is 4.89 Å². The molecule has 0 amide bonds. The zero-order valence-electron chi connectivity index (χ0n) is 28.8. The summed E-state index contributed by atoms with van der Waals surface area (Å²) in [4.78, 5) is 63.4. The van der Waals surface area contributed by atoms with E-state index < -0.39 is 5.55 Å². The van der Waals surface area contributed by atoms with Crippen molar-refractivity contribution in [2.75, 3.05) is 76.3 Å². The van der Waals surface area contributed by atoms with Crippen LogP contribution < -0.4 is 15.4 Å². The van der Waals surface area contributed by atoms with E-state index in [1.807, 2.05) is 60.7 Å². The number of hydrogen-bond acceptors (Lipinski definition) is 13. The number of aromatic nitrogens is 8. The topological polar surface area (TPSA) is 156 Å². The van der Waals surface area contributed by atoms with Crippen LogP contribution in [0.15, 0.2) is 77.9 Å². The third-order valence-corrected chi connectivity index (χ3v) is 8.76. The summed E-state index contributed by atoms with van der Waals surface area (Å²) in [5.41, 5.74) is 0.244. The molecule has 6 aromatic rings. The minimum Gasteiger partial charge on any atom is -0.353 e. The summed E-state index contributed by atoms with van der Waals surface area (Å²) in [6.07, 6.45) is 3.41. The summed E-state index contributed by atoms with van der Waals surface area (Å²) >= 11 is 20.5. The lowest BCUT2D eigenvalue weighted by Crippen LogP contribution is -2.44. The van der Waals surface area contributed by atoms with Gasteiger partial charge in [-0.25, -0.2) is 34.9 Å². The number of fused-ring (bicyclic) bond motifs is 2. The second kappa shape index (κ2) is 17.5. The van der Waals surface area contributed by atoms with Gasteiger partial charge in [0.05, 0.1) is 12.4 Å². The average Bonchev–Trinajstić information content (AvgIpc) is 3.15. The monoisotopic (exact) mass is 815 g/mol. The first kappa shape index (κ1) is 38.9. The van der Waals surface area contributed by atoms with Gasteiger partial charge in [-0.05, 0) is 14.1 Å². The fraction of sp³-hybridized carbons (Fsp3) is 0.294. The van der Waals surface area contributed by atoms with E-state index >= 15 is 0 Å². The second-order valence-electron chi connectivity index (χ2n) is 12.3. The molecule has 2 aliphatic heterocycles. The number of benzene rings is 2. The van der Waals surface area contributed by atoms with E-state index in [0.717, 1.165) is 75.1 Å². The highest BCUT2D eigenvalue weighted by molar-refractivity contribution is 8.29. The Balaban J connectivity index is 0.000000161. The molecule has 0 atom stereocenters. The number of halogens is 4. The summed E-state index contributed by atoms with van der Waals surface area (Å²) in [7, 11) is 4.24. The normalized spacial score (nSPS) is 15.5. The number of aromatic amines is 1. The van der Waals surface area contributed by atoms with Crippen LogP contribution in [0.4, 0.5) is 11.6 Å². The van der Waals surface area contributed by atoms with Gasteiger partial charge in [0.2, 0.25) is 0 Å². The fourth-order valence-corrected chi connectivity index (χ4v) is 5.81. The van der Waals surface area contributed by atoms with Gasteiger partial charge in [0.15, 0.2) is 61.5 Å². The van der Waals surface area contributed by atoms with Crippen molar-refractivity contribution in [1.29, 1.82) is 0 Å². The lowest BCUT2D eigenvalue weighted by molar-refractivity contribution is 0.312. The molecule has 53 heavy (non-hydrogen) atoms. The van der Waals surface area contributed by atoms with Gasteiger partial charge in [0, 0.05) is 63.5 Å². The first-order valence-electron chi connectivity index (χ1n) is 16.6. The molecular weight excluding hydrogens is 781 g/mol. The molecule has 4 aromatic heterocycles. The van der Waals surface area contributed by atoms with Gasteiger partial charge in [-0.15, -0.1) is 0 Å². The molecule has 6 heterocycles. The first-order chi connectivity index (χ1) is 25.4. The van der Waals surface area contributed by atoms with Crippen LogP contribution in [-0.2, 0) is 0 Å². The lowest BCUT2D eigenvalue weighted by atomic mass is 10.2. The maximum atomic E-state index is 12.3. The Morgan fingerprint density at radius 2 is 1.09 bits per heavy atom. The third-order valence-electron chi connectivity index (χ3n) is 8.49. The molecule has 0 unspecified atom stereocenters. The molecule has 276 valence electrons. The number of anilines is 2. The predicted octanol–water partition coefficient (Wildman–Crippen LogP) is 6.00. The van der Waals surface area contributed by atoms with Gasteiger partial charge in [0.1, 0.15) is 23.0 Å². The van der Waals surface area contributed by atoms with Gasteiger partial charge in [-0.1, -0.05) is 72.3 Å². The maximum absolute atomic E-state index is 12.3. The number of hydrogen-bond donors (Lipinski definition) is 2. The second-order valence-corrected chi connectivity index (χ2v) is 19.4. The Labute approximate surface area is 325 Å². The van der Waals surface area contributed by atoms with Crippen LogP contribution in [0.25, 0.3) is 45.1 Å². The molecule has 2 saturated heterocycles. The lowest BCUT2D eigenvalue weighted by Gasteiger charge is -2.32. The zero-order chi connectivity index (χ0) is 37.5. The molecule has 0 saturated carbocycles. The maximum Gasteiger partial charge on any atom is 0.433 e. The Kier molecular flexibility index (Phi) is 12.9.